The van der Waals surface area contributed by atoms with Crippen LogP contribution in [0.4, 0.5) is 0 Å². The van der Waals surface area contributed by atoms with Crippen LogP contribution in [0.5, 0.6) is 5.75 Å². The Kier molecular flexibility index (Phi) is 6.05. The SMILES string of the molecule is CC12C=CC=CC1c1c(cccc1-c1ccc3oc4ccccc4c3c1-c1nc(-c3ccccc3)nc(-c3ccc4c(c3)oc3ccccc34)n1)O2. The summed E-state index contributed by atoms with van der Waals surface area (Å²) < 4.78 is 19.4. The molecular weight excluding hydrogens is 643 g/mol. The number of nitrogens with zero attached hydrogens (tertiary/aromatic N) is 3. The van der Waals surface area contributed by atoms with Crippen LogP contribution in [0.25, 0.3) is 89.2 Å². The van der Waals surface area contributed by atoms with Crippen molar-refractivity contribution in [2.24, 2.45) is 0 Å². The third-order valence-electron chi connectivity index (χ3n) is 10.5. The highest BCUT2D eigenvalue weighted by Gasteiger charge is 2.44. The Bertz CT molecular complexity index is 2970. The summed E-state index contributed by atoms with van der Waals surface area (Å²) >= 11 is 0. The molecule has 0 saturated heterocycles. The Balaban J connectivity index is 1.22. The first-order valence-corrected chi connectivity index (χ1v) is 17.5. The molecule has 1 aliphatic heterocycles. The molecule has 11 rings (SSSR count). The van der Waals surface area contributed by atoms with Gasteiger partial charge in [-0.1, -0.05) is 103 Å². The van der Waals surface area contributed by atoms with Crippen molar-refractivity contribution in [1.29, 1.82) is 0 Å². The Morgan fingerprint density at radius 3 is 2.12 bits per heavy atom. The molecule has 9 aromatic rings. The lowest BCUT2D eigenvalue weighted by Gasteiger charge is -2.28. The zero-order valence-corrected chi connectivity index (χ0v) is 28.1. The van der Waals surface area contributed by atoms with Gasteiger partial charge in [0.25, 0.3) is 0 Å². The number of ether oxygens (including phenoxy) is 1. The van der Waals surface area contributed by atoms with Crippen LogP contribution in [-0.4, -0.2) is 20.6 Å². The van der Waals surface area contributed by atoms with E-state index in [1.54, 1.807) is 0 Å². The van der Waals surface area contributed by atoms with Crippen LogP contribution in [0, 0.1) is 0 Å². The third-order valence-corrected chi connectivity index (χ3v) is 10.5. The smallest absolute Gasteiger partial charge is 0.165 e. The predicted octanol–water partition coefficient (Wildman–Crippen LogP) is 11.7. The maximum atomic E-state index is 6.65. The molecule has 0 radical (unpaired) electrons. The molecule has 2 unspecified atom stereocenters. The average Bonchev–Trinajstić information content (AvgIpc) is 3.86. The number of furan rings is 2. The molecule has 0 saturated carbocycles. The van der Waals surface area contributed by atoms with E-state index in [-0.39, 0.29) is 5.92 Å². The van der Waals surface area contributed by atoms with Gasteiger partial charge in [0.2, 0.25) is 0 Å². The highest BCUT2D eigenvalue weighted by Crippen LogP contribution is 2.53. The van der Waals surface area contributed by atoms with Crippen LogP contribution in [0.1, 0.15) is 18.4 Å². The van der Waals surface area contributed by atoms with E-state index in [1.807, 2.05) is 72.8 Å². The van der Waals surface area contributed by atoms with E-state index in [1.165, 1.54) is 0 Å². The summed E-state index contributed by atoms with van der Waals surface area (Å²) in [6.45, 7) is 2.15. The molecule has 0 N–H and O–H groups in total. The summed E-state index contributed by atoms with van der Waals surface area (Å²) in [5.74, 6) is 2.61. The van der Waals surface area contributed by atoms with E-state index in [2.05, 4.69) is 85.8 Å². The highest BCUT2D eigenvalue weighted by atomic mass is 16.5. The molecule has 0 spiro atoms. The van der Waals surface area contributed by atoms with Gasteiger partial charge in [-0.15, -0.1) is 0 Å². The number of allylic oxidation sites excluding steroid dienone is 2. The summed E-state index contributed by atoms with van der Waals surface area (Å²) in [5.41, 5.74) is 8.54. The van der Waals surface area contributed by atoms with E-state index >= 15 is 0 Å². The molecule has 4 heterocycles. The molecule has 0 fully saturated rings. The Labute approximate surface area is 298 Å². The number of hydrogen-bond donors (Lipinski definition) is 0. The predicted molar refractivity (Wildman–Crippen MR) is 206 cm³/mol. The number of hydrogen-bond acceptors (Lipinski definition) is 6. The van der Waals surface area contributed by atoms with Crippen LogP contribution in [0.15, 0.2) is 161 Å². The van der Waals surface area contributed by atoms with Crippen molar-refractivity contribution >= 4 is 43.9 Å². The van der Waals surface area contributed by atoms with E-state index in [0.29, 0.717) is 17.5 Å². The second-order valence-corrected chi connectivity index (χ2v) is 13.7. The van der Waals surface area contributed by atoms with E-state index < -0.39 is 5.60 Å². The van der Waals surface area contributed by atoms with Crippen LogP contribution < -0.4 is 4.74 Å². The van der Waals surface area contributed by atoms with E-state index in [0.717, 1.165) is 83.0 Å². The molecule has 246 valence electrons. The number of aromatic nitrogens is 3. The molecule has 52 heavy (non-hydrogen) atoms. The summed E-state index contributed by atoms with van der Waals surface area (Å²) in [6, 6.07) is 43.0. The third kappa shape index (κ3) is 4.27. The molecule has 6 nitrogen and oxygen atoms in total. The van der Waals surface area contributed by atoms with Crippen molar-refractivity contribution < 1.29 is 13.6 Å². The maximum absolute atomic E-state index is 6.65. The van der Waals surface area contributed by atoms with Gasteiger partial charge < -0.3 is 13.6 Å². The normalized spacial score (nSPS) is 17.6. The van der Waals surface area contributed by atoms with E-state index in [9.17, 15) is 0 Å². The minimum absolute atomic E-state index is 0.0395. The van der Waals surface area contributed by atoms with Crippen molar-refractivity contribution in [2.45, 2.75) is 18.4 Å². The van der Waals surface area contributed by atoms with Gasteiger partial charge in [0.1, 0.15) is 33.7 Å². The van der Waals surface area contributed by atoms with Gasteiger partial charge >= 0.3 is 0 Å². The Morgan fingerprint density at radius 2 is 1.25 bits per heavy atom. The lowest BCUT2D eigenvalue weighted by molar-refractivity contribution is 0.155. The zero-order valence-electron chi connectivity index (χ0n) is 28.1. The highest BCUT2D eigenvalue weighted by molar-refractivity contribution is 6.15. The number of fused-ring (bicyclic) bond motifs is 9. The lowest BCUT2D eigenvalue weighted by Crippen LogP contribution is -2.32. The van der Waals surface area contributed by atoms with Gasteiger partial charge in [-0.05, 0) is 66.6 Å². The average molecular weight is 672 g/mol. The fourth-order valence-electron chi connectivity index (χ4n) is 8.09. The second-order valence-electron chi connectivity index (χ2n) is 13.7. The largest absolute Gasteiger partial charge is 0.482 e. The minimum atomic E-state index is -0.476. The van der Waals surface area contributed by atoms with Crippen molar-refractivity contribution in [1.82, 2.24) is 15.0 Å². The standard InChI is InChI=1S/C46H29N3O3/c1-46-25-10-9-17-34(46)40-31(16-11-20-38(40)52-46)32-23-24-37-41(33-15-6-8-19-36(33)50-37)42(32)45-48-43(27-12-3-2-4-13-27)47-44(49-45)28-21-22-30-29-14-5-7-18-35(29)51-39(30)26-28/h2-26,34H,1H3. The van der Waals surface area contributed by atoms with Crippen molar-refractivity contribution in [3.05, 3.63) is 157 Å². The first kappa shape index (κ1) is 29.0. The Hall–Kier alpha value is -6.79. The summed E-state index contributed by atoms with van der Waals surface area (Å²) in [5, 5.41) is 4.07. The molecule has 3 aromatic heterocycles. The monoisotopic (exact) mass is 671 g/mol. The number of rotatable bonds is 4. The number of benzene rings is 6. The zero-order chi connectivity index (χ0) is 34.4. The van der Waals surface area contributed by atoms with Gasteiger partial charge in [-0.2, -0.15) is 0 Å². The van der Waals surface area contributed by atoms with Crippen LogP contribution in [0.2, 0.25) is 0 Å². The maximum Gasteiger partial charge on any atom is 0.165 e. The number of para-hydroxylation sites is 2. The molecule has 2 aliphatic rings. The van der Waals surface area contributed by atoms with Crippen molar-refractivity contribution in [3.63, 3.8) is 0 Å². The van der Waals surface area contributed by atoms with E-state index in [4.69, 9.17) is 28.5 Å². The van der Waals surface area contributed by atoms with Crippen LogP contribution in [0.3, 0.4) is 0 Å². The first-order valence-electron chi connectivity index (χ1n) is 17.5. The minimum Gasteiger partial charge on any atom is -0.482 e. The van der Waals surface area contributed by atoms with Gasteiger partial charge in [0.15, 0.2) is 17.5 Å². The van der Waals surface area contributed by atoms with Gasteiger partial charge in [0.05, 0.1) is 0 Å². The molecule has 2 atom stereocenters. The van der Waals surface area contributed by atoms with Crippen LogP contribution >= 0.6 is 0 Å². The fraction of sp³-hybridized carbons (Fsp3) is 0.0652. The summed E-state index contributed by atoms with van der Waals surface area (Å²) in [6.07, 6.45) is 8.57. The fourth-order valence-corrected chi connectivity index (χ4v) is 8.09. The van der Waals surface area contributed by atoms with Gasteiger partial charge in [-0.25, -0.2) is 15.0 Å². The molecule has 1 aliphatic carbocycles. The quantitative estimate of drug-likeness (QED) is 0.185. The molecule has 6 aromatic carbocycles. The summed E-state index contributed by atoms with van der Waals surface area (Å²) in [7, 11) is 0. The Morgan fingerprint density at radius 1 is 0.538 bits per heavy atom. The topological polar surface area (TPSA) is 74.2 Å². The lowest BCUT2D eigenvalue weighted by atomic mass is 9.79. The molecule has 0 amide bonds. The summed E-state index contributed by atoms with van der Waals surface area (Å²) in [4.78, 5) is 15.7. The van der Waals surface area contributed by atoms with Gasteiger partial charge in [-0.3, -0.25) is 0 Å². The van der Waals surface area contributed by atoms with Crippen molar-refractivity contribution in [3.8, 4) is 51.0 Å². The van der Waals surface area contributed by atoms with Crippen molar-refractivity contribution in [2.75, 3.05) is 0 Å². The first-order chi connectivity index (χ1) is 25.6. The molecule has 0 bridgehead atoms. The molecular formula is C46H29N3O3. The molecule has 6 heteroatoms. The van der Waals surface area contributed by atoms with Crippen LogP contribution in [-0.2, 0) is 0 Å². The second kappa shape index (κ2) is 10.9. The van der Waals surface area contributed by atoms with Gasteiger partial charge in [0, 0.05) is 49.7 Å².